The van der Waals surface area contributed by atoms with E-state index in [2.05, 4.69) is 0 Å². The van der Waals surface area contributed by atoms with E-state index in [-0.39, 0.29) is 18.0 Å². The monoisotopic (exact) mass is 467 g/mol. The Morgan fingerprint density at radius 1 is 1.09 bits per heavy atom. The second kappa shape index (κ2) is 8.43. The number of hydrogen-bond acceptors (Lipinski definition) is 6. The summed E-state index contributed by atoms with van der Waals surface area (Å²) in [7, 11) is -3.81. The number of ether oxygens (including phenoxy) is 1. The van der Waals surface area contributed by atoms with Crippen LogP contribution in [0.15, 0.2) is 56.6 Å². The molecule has 0 N–H and O–H groups in total. The number of carbonyl (C=O) groups is 1. The molecule has 5 rings (SSSR count). The maximum atomic E-state index is 13.1. The summed E-state index contributed by atoms with van der Waals surface area (Å²) < 4.78 is 38.4. The number of benzene rings is 2. The van der Waals surface area contributed by atoms with Crippen molar-refractivity contribution < 1.29 is 22.4 Å². The molecule has 172 valence electrons. The molecule has 1 aromatic heterocycles. The Morgan fingerprint density at radius 3 is 2.58 bits per heavy atom. The number of esters is 1. The first-order valence-corrected chi connectivity index (χ1v) is 12.6. The quantitative estimate of drug-likeness (QED) is 0.421. The molecule has 2 aromatic carbocycles. The molecule has 2 heterocycles. The fourth-order valence-electron chi connectivity index (χ4n) is 4.77. The van der Waals surface area contributed by atoms with Crippen molar-refractivity contribution in [2.75, 3.05) is 6.54 Å². The van der Waals surface area contributed by atoms with Gasteiger partial charge < -0.3 is 9.15 Å². The minimum absolute atomic E-state index is 0.116. The lowest BCUT2D eigenvalue weighted by molar-refractivity contribution is -0.148. The van der Waals surface area contributed by atoms with Crippen molar-refractivity contribution in [1.82, 2.24) is 4.31 Å². The van der Waals surface area contributed by atoms with Gasteiger partial charge in [0.05, 0.1) is 4.90 Å². The molecule has 8 heteroatoms. The van der Waals surface area contributed by atoms with Gasteiger partial charge in [-0.2, -0.15) is 4.31 Å². The molecule has 0 saturated carbocycles. The molecule has 1 unspecified atom stereocenters. The van der Waals surface area contributed by atoms with Gasteiger partial charge in [0.15, 0.2) is 0 Å². The first-order valence-electron chi connectivity index (χ1n) is 11.2. The summed E-state index contributed by atoms with van der Waals surface area (Å²) in [5.41, 5.74) is 3.90. The third kappa shape index (κ3) is 4.09. The fraction of sp³-hybridized carbons (Fsp3) is 0.360. The van der Waals surface area contributed by atoms with Gasteiger partial charge in [-0.05, 0) is 74.4 Å². The molecule has 2 aliphatic rings. The van der Waals surface area contributed by atoms with Crippen molar-refractivity contribution in [3.05, 3.63) is 75.1 Å². The van der Waals surface area contributed by atoms with Gasteiger partial charge in [-0.3, -0.25) is 4.79 Å². The Hall–Kier alpha value is -2.97. The Labute approximate surface area is 192 Å². The Morgan fingerprint density at radius 2 is 1.82 bits per heavy atom. The molecule has 0 bridgehead atoms. The number of rotatable bonds is 5. The molecule has 33 heavy (non-hydrogen) atoms. The SMILES string of the molecule is Cc1ccc(S(=O)(=O)N2CCCC2C(=O)OCc2cc(=O)oc3cc4c(cc23)CCC4)cc1. The van der Waals surface area contributed by atoms with Gasteiger partial charge in [0.2, 0.25) is 10.0 Å². The van der Waals surface area contributed by atoms with Crippen molar-refractivity contribution in [3.63, 3.8) is 0 Å². The molecule has 1 aliphatic carbocycles. The number of hydrogen-bond donors (Lipinski definition) is 0. The van der Waals surface area contributed by atoms with E-state index < -0.39 is 27.7 Å². The standard InChI is InChI=1S/C25H25NO6S/c1-16-7-9-20(10-8-16)33(29,30)26-11-3-6-22(26)25(28)31-15-19-14-24(27)32-23-13-18-5-2-4-17(18)12-21(19)23/h7-10,12-14,22H,2-6,11,15H2,1H3. The van der Waals surface area contributed by atoms with Crippen LogP contribution in [0.3, 0.4) is 0 Å². The molecule has 3 aromatic rings. The predicted molar refractivity (Wildman–Crippen MR) is 122 cm³/mol. The van der Waals surface area contributed by atoms with Crippen molar-refractivity contribution >= 4 is 27.0 Å². The van der Waals surface area contributed by atoms with Crippen LogP contribution >= 0.6 is 0 Å². The highest BCUT2D eigenvalue weighted by molar-refractivity contribution is 7.89. The lowest BCUT2D eigenvalue weighted by Crippen LogP contribution is -2.41. The van der Waals surface area contributed by atoms with Gasteiger partial charge >= 0.3 is 11.6 Å². The van der Waals surface area contributed by atoms with E-state index in [0.29, 0.717) is 24.0 Å². The van der Waals surface area contributed by atoms with Crippen LogP contribution < -0.4 is 5.63 Å². The summed E-state index contributed by atoms with van der Waals surface area (Å²) in [6, 6.07) is 10.9. The lowest BCUT2D eigenvalue weighted by Gasteiger charge is -2.23. The van der Waals surface area contributed by atoms with E-state index in [0.717, 1.165) is 30.2 Å². The molecular weight excluding hydrogens is 442 g/mol. The van der Waals surface area contributed by atoms with Gasteiger partial charge in [-0.15, -0.1) is 0 Å². The number of sulfonamides is 1. The van der Waals surface area contributed by atoms with Crippen LogP contribution in [-0.4, -0.2) is 31.3 Å². The van der Waals surface area contributed by atoms with Crippen LogP contribution in [0.25, 0.3) is 11.0 Å². The first kappa shape index (κ1) is 21.9. The van der Waals surface area contributed by atoms with Crippen molar-refractivity contribution in [1.29, 1.82) is 0 Å². The van der Waals surface area contributed by atoms with Crippen LogP contribution in [0.5, 0.6) is 0 Å². The lowest BCUT2D eigenvalue weighted by atomic mass is 10.0. The van der Waals surface area contributed by atoms with E-state index in [9.17, 15) is 18.0 Å². The van der Waals surface area contributed by atoms with E-state index in [4.69, 9.17) is 9.15 Å². The van der Waals surface area contributed by atoms with Gasteiger partial charge in [0, 0.05) is 23.6 Å². The van der Waals surface area contributed by atoms with Crippen LogP contribution in [0.2, 0.25) is 0 Å². The van der Waals surface area contributed by atoms with Crippen LogP contribution in [0.1, 0.15) is 41.5 Å². The molecule has 1 saturated heterocycles. The zero-order valence-electron chi connectivity index (χ0n) is 18.4. The molecule has 0 radical (unpaired) electrons. The maximum absolute atomic E-state index is 13.1. The summed E-state index contributed by atoms with van der Waals surface area (Å²) in [5, 5.41) is 0.749. The Kier molecular flexibility index (Phi) is 5.58. The minimum Gasteiger partial charge on any atom is -0.460 e. The van der Waals surface area contributed by atoms with Gasteiger partial charge in [-0.25, -0.2) is 13.2 Å². The summed E-state index contributed by atoms with van der Waals surface area (Å²) in [4.78, 5) is 25.2. The average molecular weight is 468 g/mol. The number of carbonyl (C=O) groups excluding carboxylic acids is 1. The normalized spacial score (nSPS) is 18.5. The van der Waals surface area contributed by atoms with E-state index in [1.165, 1.54) is 21.5 Å². The van der Waals surface area contributed by atoms with Crippen LogP contribution in [0, 0.1) is 6.92 Å². The highest BCUT2D eigenvalue weighted by Crippen LogP contribution is 2.30. The molecule has 7 nitrogen and oxygen atoms in total. The second-order valence-electron chi connectivity index (χ2n) is 8.76. The fourth-order valence-corrected chi connectivity index (χ4v) is 6.42. The van der Waals surface area contributed by atoms with Crippen LogP contribution in [0.4, 0.5) is 0 Å². The average Bonchev–Trinajstić information content (AvgIpc) is 3.46. The van der Waals surface area contributed by atoms with E-state index in [1.54, 1.807) is 24.3 Å². The molecular formula is C25H25NO6S. The Balaban J connectivity index is 1.37. The third-order valence-electron chi connectivity index (χ3n) is 6.52. The minimum atomic E-state index is -3.81. The zero-order valence-corrected chi connectivity index (χ0v) is 19.2. The summed E-state index contributed by atoms with van der Waals surface area (Å²) in [6.07, 6.45) is 3.97. The molecule has 0 spiro atoms. The molecule has 1 fully saturated rings. The van der Waals surface area contributed by atoms with Crippen LogP contribution in [-0.2, 0) is 39.0 Å². The van der Waals surface area contributed by atoms with E-state index >= 15 is 0 Å². The largest absolute Gasteiger partial charge is 0.460 e. The summed E-state index contributed by atoms with van der Waals surface area (Å²) in [6.45, 7) is 2.03. The second-order valence-corrected chi connectivity index (χ2v) is 10.6. The number of nitrogens with zero attached hydrogens (tertiary/aromatic N) is 1. The smallest absolute Gasteiger partial charge is 0.336 e. The third-order valence-corrected chi connectivity index (χ3v) is 8.44. The highest BCUT2D eigenvalue weighted by atomic mass is 32.2. The van der Waals surface area contributed by atoms with Crippen molar-refractivity contribution in [2.45, 2.75) is 56.6 Å². The molecule has 1 aliphatic heterocycles. The van der Waals surface area contributed by atoms with Gasteiger partial charge in [0.1, 0.15) is 18.2 Å². The number of aryl methyl sites for hydroxylation is 3. The predicted octanol–water partition coefficient (Wildman–Crippen LogP) is 3.49. The molecule has 0 amide bonds. The Bertz CT molecular complexity index is 1390. The topological polar surface area (TPSA) is 93.9 Å². The van der Waals surface area contributed by atoms with Gasteiger partial charge in [-0.1, -0.05) is 17.7 Å². The molecule has 1 atom stereocenters. The van der Waals surface area contributed by atoms with E-state index in [1.807, 2.05) is 19.1 Å². The summed E-state index contributed by atoms with van der Waals surface area (Å²) >= 11 is 0. The highest BCUT2D eigenvalue weighted by Gasteiger charge is 2.40. The maximum Gasteiger partial charge on any atom is 0.336 e. The zero-order chi connectivity index (χ0) is 23.2. The summed E-state index contributed by atoms with van der Waals surface area (Å²) in [5.74, 6) is -0.606. The van der Waals surface area contributed by atoms with Gasteiger partial charge in [0.25, 0.3) is 0 Å². The van der Waals surface area contributed by atoms with Crippen molar-refractivity contribution in [3.8, 4) is 0 Å². The van der Waals surface area contributed by atoms with Crippen molar-refractivity contribution in [2.24, 2.45) is 0 Å². The first-order chi connectivity index (χ1) is 15.8. The number of fused-ring (bicyclic) bond motifs is 2.